The largest absolute Gasteiger partial charge is 0.318 e. The summed E-state index contributed by atoms with van der Waals surface area (Å²) >= 11 is 0. The van der Waals surface area contributed by atoms with Crippen LogP contribution in [-0.4, -0.2) is 35.4 Å². The maximum atomic E-state index is 13.0. The fourth-order valence-corrected chi connectivity index (χ4v) is 6.54. The Morgan fingerprint density at radius 1 is 1.14 bits per heavy atom. The molecule has 5 nitrogen and oxygen atoms in total. The third-order valence-corrected chi connectivity index (χ3v) is 7.75. The van der Waals surface area contributed by atoms with E-state index >= 15 is 0 Å². The molecule has 1 aromatic rings. The highest BCUT2D eigenvalue weighted by atomic mass is 32.2. The predicted octanol–water partition coefficient (Wildman–Crippen LogP) is 1.27. The van der Waals surface area contributed by atoms with Crippen LogP contribution in [0.3, 0.4) is 0 Å². The molecule has 5 rings (SSSR count). The minimum atomic E-state index is -3.38. The van der Waals surface area contributed by atoms with Gasteiger partial charge in [0.05, 0.1) is 6.20 Å². The van der Waals surface area contributed by atoms with Gasteiger partial charge in [0, 0.05) is 26.1 Å². The van der Waals surface area contributed by atoms with E-state index in [4.69, 9.17) is 0 Å². The number of hydrogen-bond acceptors (Lipinski definition) is 3. The molecule has 4 aliphatic rings. The highest BCUT2D eigenvalue weighted by Gasteiger charge is 2.52. The van der Waals surface area contributed by atoms with Crippen LogP contribution in [0.1, 0.15) is 18.7 Å². The molecule has 2 bridgehead atoms. The summed E-state index contributed by atoms with van der Waals surface area (Å²) < 4.78 is 29.5. The number of aromatic nitrogens is 2. The molecular weight excluding hydrogens is 286 g/mol. The Hall–Kier alpha value is -1.14. The maximum Gasteiger partial charge on any atom is 0.260 e. The number of imidazole rings is 1. The molecule has 21 heavy (non-hydrogen) atoms. The average molecular weight is 305 g/mol. The molecule has 3 heterocycles. The van der Waals surface area contributed by atoms with Gasteiger partial charge in [0.25, 0.3) is 10.0 Å². The lowest BCUT2D eigenvalue weighted by Crippen LogP contribution is -2.32. The molecule has 0 amide bonds. The Morgan fingerprint density at radius 2 is 1.86 bits per heavy atom. The number of allylic oxidation sites excluding steroid dienone is 2. The molecule has 112 valence electrons. The first kappa shape index (κ1) is 12.4. The molecule has 2 fully saturated rings. The van der Waals surface area contributed by atoms with Crippen molar-refractivity contribution in [1.29, 1.82) is 0 Å². The predicted molar refractivity (Wildman–Crippen MR) is 77.0 cm³/mol. The van der Waals surface area contributed by atoms with Gasteiger partial charge in [-0.2, -0.15) is 4.31 Å². The molecule has 2 unspecified atom stereocenters. The zero-order valence-electron chi connectivity index (χ0n) is 11.9. The first-order chi connectivity index (χ1) is 10.1. The number of rotatable bonds is 2. The van der Waals surface area contributed by atoms with Crippen molar-refractivity contribution >= 4 is 10.0 Å². The minimum Gasteiger partial charge on any atom is -0.318 e. The van der Waals surface area contributed by atoms with Crippen molar-refractivity contribution in [1.82, 2.24) is 13.9 Å². The fraction of sp³-hybridized carbons (Fsp3) is 0.667. The number of nitrogens with zero attached hydrogens (tertiary/aromatic N) is 3. The average Bonchev–Trinajstić information content (AvgIpc) is 3.22. The van der Waals surface area contributed by atoms with Gasteiger partial charge in [-0.3, -0.25) is 0 Å². The standard InChI is InChI=1S/C15H19N3O2S/c19-21(20,15-7-16-14-2-1-5-18(14)15)17-8-12-10-3-4-11(6-10)13(12)9-17/h3-4,7,10-13H,1-2,5-6,8-9H2/t10?,11?,12-,13+. The quantitative estimate of drug-likeness (QED) is 0.773. The van der Waals surface area contributed by atoms with Crippen molar-refractivity contribution in [2.45, 2.75) is 30.8 Å². The highest BCUT2D eigenvalue weighted by Crippen LogP contribution is 2.52. The molecule has 0 radical (unpaired) electrons. The lowest BCUT2D eigenvalue weighted by atomic mass is 9.86. The van der Waals surface area contributed by atoms with Gasteiger partial charge in [0.2, 0.25) is 0 Å². The van der Waals surface area contributed by atoms with Crippen LogP contribution in [0.25, 0.3) is 0 Å². The van der Waals surface area contributed by atoms with E-state index in [-0.39, 0.29) is 0 Å². The third kappa shape index (κ3) is 1.55. The summed E-state index contributed by atoms with van der Waals surface area (Å²) in [5.41, 5.74) is 0. The van der Waals surface area contributed by atoms with Gasteiger partial charge in [0.15, 0.2) is 5.03 Å². The fourth-order valence-electron chi connectivity index (χ4n) is 4.88. The number of fused-ring (bicyclic) bond motifs is 6. The molecule has 1 saturated heterocycles. The Bertz CT molecular complexity index is 716. The molecule has 2 aliphatic carbocycles. The molecule has 1 aromatic heterocycles. The zero-order valence-corrected chi connectivity index (χ0v) is 12.7. The van der Waals surface area contributed by atoms with Crippen molar-refractivity contribution in [2.75, 3.05) is 13.1 Å². The second kappa shape index (κ2) is 3.98. The summed E-state index contributed by atoms with van der Waals surface area (Å²) in [7, 11) is -3.38. The van der Waals surface area contributed by atoms with Gasteiger partial charge < -0.3 is 4.57 Å². The van der Waals surface area contributed by atoms with Gasteiger partial charge in [-0.25, -0.2) is 13.4 Å². The molecule has 4 atom stereocenters. The number of aryl methyl sites for hydroxylation is 1. The van der Waals surface area contributed by atoms with Crippen LogP contribution in [0, 0.1) is 23.7 Å². The van der Waals surface area contributed by atoms with E-state index in [2.05, 4.69) is 17.1 Å². The lowest BCUT2D eigenvalue weighted by Gasteiger charge is -2.18. The Morgan fingerprint density at radius 3 is 2.57 bits per heavy atom. The topological polar surface area (TPSA) is 55.2 Å². The SMILES string of the molecule is O=S(=O)(c1cnc2n1CCC2)N1C[C@@H]2C3C=CC(C3)[C@@H]2C1. The van der Waals surface area contributed by atoms with E-state index < -0.39 is 10.0 Å². The van der Waals surface area contributed by atoms with E-state index in [0.717, 1.165) is 25.2 Å². The first-order valence-electron chi connectivity index (χ1n) is 7.87. The summed E-state index contributed by atoms with van der Waals surface area (Å²) in [5.74, 6) is 3.22. The normalized spacial score (nSPS) is 37.3. The van der Waals surface area contributed by atoms with Crippen LogP contribution >= 0.6 is 0 Å². The van der Waals surface area contributed by atoms with Crippen LogP contribution < -0.4 is 0 Å². The molecule has 0 spiro atoms. The van der Waals surface area contributed by atoms with Crippen LogP contribution in [0.5, 0.6) is 0 Å². The maximum absolute atomic E-state index is 13.0. The van der Waals surface area contributed by atoms with Gasteiger partial charge in [-0.05, 0) is 36.5 Å². The Balaban J connectivity index is 1.48. The number of sulfonamides is 1. The summed E-state index contributed by atoms with van der Waals surface area (Å²) in [4.78, 5) is 4.29. The third-order valence-electron chi connectivity index (χ3n) is 5.92. The smallest absolute Gasteiger partial charge is 0.260 e. The van der Waals surface area contributed by atoms with Gasteiger partial charge >= 0.3 is 0 Å². The van der Waals surface area contributed by atoms with Crippen LogP contribution in [0.4, 0.5) is 0 Å². The van der Waals surface area contributed by atoms with Crippen molar-refractivity contribution < 1.29 is 8.42 Å². The van der Waals surface area contributed by atoms with E-state index in [1.54, 1.807) is 10.5 Å². The first-order valence-corrected chi connectivity index (χ1v) is 9.31. The van der Waals surface area contributed by atoms with Gasteiger partial charge in [-0.15, -0.1) is 0 Å². The minimum absolute atomic E-state index is 0.412. The number of hydrogen-bond donors (Lipinski definition) is 0. The monoisotopic (exact) mass is 305 g/mol. The zero-order chi connectivity index (χ0) is 14.2. The van der Waals surface area contributed by atoms with E-state index in [1.165, 1.54) is 6.42 Å². The molecule has 0 aromatic carbocycles. The lowest BCUT2D eigenvalue weighted by molar-refractivity contribution is 0.395. The summed E-state index contributed by atoms with van der Waals surface area (Å²) in [5, 5.41) is 0.412. The van der Waals surface area contributed by atoms with E-state index in [0.29, 0.717) is 41.8 Å². The van der Waals surface area contributed by atoms with Crippen LogP contribution in [-0.2, 0) is 23.0 Å². The van der Waals surface area contributed by atoms with Crippen molar-refractivity contribution in [2.24, 2.45) is 23.7 Å². The van der Waals surface area contributed by atoms with Gasteiger partial charge in [0.1, 0.15) is 5.82 Å². The summed E-state index contributed by atoms with van der Waals surface area (Å²) in [6.07, 6.45) is 9.31. The Labute approximate surface area is 124 Å². The van der Waals surface area contributed by atoms with Crippen LogP contribution in [0.15, 0.2) is 23.4 Å². The Kier molecular flexibility index (Phi) is 2.35. The molecule has 2 aliphatic heterocycles. The van der Waals surface area contributed by atoms with Gasteiger partial charge in [-0.1, -0.05) is 12.2 Å². The molecule has 0 N–H and O–H groups in total. The van der Waals surface area contributed by atoms with Crippen molar-refractivity contribution in [3.8, 4) is 0 Å². The highest BCUT2D eigenvalue weighted by molar-refractivity contribution is 7.89. The van der Waals surface area contributed by atoms with E-state index in [1.807, 2.05) is 4.57 Å². The summed E-state index contributed by atoms with van der Waals surface area (Å²) in [6, 6.07) is 0. The van der Waals surface area contributed by atoms with Crippen molar-refractivity contribution in [3.05, 3.63) is 24.2 Å². The van der Waals surface area contributed by atoms with Crippen LogP contribution in [0.2, 0.25) is 0 Å². The van der Waals surface area contributed by atoms with E-state index in [9.17, 15) is 8.42 Å². The molecule has 1 saturated carbocycles. The molecule has 6 heteroatoms. The van der Waals surface area contributed by atoms with Crippen molar-refractivity contribution in [3.63, 3.8) is 0 Å². The molecular formula is C15H19N3O2S. The second-order valence-corrected chi connectivity index (χ2v) is 8.75. The summed E-state index contributed by atoms with van der Waals surface area (Å²) in [6.45, 7) is 2.18. The second-order valence-electron chi connectivity index (χ2n) is 6.87.